The number of carbonyl (C=O) groups is 2. The molecule has 0 aliphatic carbocycles. The molecule has 11 heteroatoms. The first-order valence-corrected chi connectivity index (χ1v) is 11.6. The lowest BCUT2D eigenvalue weighted by Crippen LogP contribution is -2.33. The van der Waals surface area contributed by atoms with E-state index < -0.39 is 16.9 Å². The van der Waals surface area contributed by atoms with Gasteiger partial charge in [0.1, 0.15) is 0 Å². The van der Waals surface area contributed by atoms with Gasteiger partial charge in [-0.25, -0.2) is 0 Å². The first-order chi connectivity index (χ1) is 16.2. The fourth-order valence-electron chi connectivity index (χ4n) is 3.20. The van der Waals surface area contributed by atoms with E-state index >= 15 is 0 Å². The standard InChI is InChI=1S/C23H26N6O4S/c1-14(2)20(25-22(31)16-6-5-7-18(12-16)29(32)33)21-26-27-23(28(21)4)34-13-19(30)24-17-10-8-15(3)9-11-17/h5-12,14,20H,13H2,1-4H3,(H,24,30)(H,25,31)/t20-/m1/s1. The lowest BCUT2D eigenvalue weighted by molar-refractivity contribution is -0.384. The Morgan fingerprint density at radius 1 is 1.15 bits per heavy atom. The third-order valence-corrected chi connectivity index (χ3v) is 6.11. The zero-order valence-electron chi connectivity index (χ0n) is 19.3. The number of anilines is 1. The summed E-state index contributed by atoms with van der Waals surface area (Å²) in [6, 6.07) is 12.6. The lowest BCUT2D eigenvalue weighted by Gasteiger charge is -2.21. The number of nitro groups is 1. The third-order valence-electron chi connectivity index (χ3n) is 5.09. The van der Waals surface area contributed by atoms with Gasteiger partial charge >= 0.3 is 0 Å². The molecule has 0 saturated carbocycles. The Morgan fingerprint density at radius 3 is 2.50 bits per heavy atom. The highest BCUT2D eigenvalue weighted by Gasteiger charge is 2.26. The van der Waals surface area contributed by atoms with Crippen LogP contribution in [0.2, 0.25) is 0 Å². The Bertz CT molecular complexity index is 1190. The Balaban J connectivity index is 1.68. The number of hydrogen-bond acceptors (Lipinski definition) is 7. The predicted octanol–water partition coefficient (Wildman–Crippen LogP) is 3.89. The van der Waals surface area contributed by atoms with Gasteiger partial charge in [0.05, 0.1) is 16.7 Å². The van der Waals surface area contributed by atoms with Crippen LogP contribution in [0, 0.1) is 23.0 Å². The van der Waals surface area contributed by atoms with Crippen molar-refractivity contribution in [2.45, 2.75) is 32.0 Å². The van der Waals surface area contributed by atoms with E-state index in [4.69, 9.17) is 0 Å². The van der Waals surface area contributed by atoms with Crippen molar-refractivity contribution in [2.75, 3.05) is 11.1 Å². The molecule has 0 radical (unpaired) electrons. The summed E-state index contributed by atoms with van der Waals surface area (Å²) in [5, 5.41) is 25.7. The van der Waals surface area contributed by atoms with E-state index in [1.165, 1.54) is 36.0 Å². The van der Waals surface area contributed by atoms with Crippen LogP contribution in [0.3, 0.4) is 0 Å². The molecular formula is C23H26N6O4S. The largest absolute Gasteiger partial charge is 0.342 e. The van der Waals surface area contributed by atoms with Crippen LogP contribution in [-0.2, 0) is 11.8 Å². The Kier molecular flexibility index (Phi) is 8.00. The number of hydrogen-bond donors (Lipinski definition) is 2. The number of amides is 2. The first kappa shape index (κ1) is 24.9. The van der Waals surface area contributed by atoms with Gasteiger partial charge in [-0.05, 0) is 31.0 Å². The average Bonchev–Trinajstić information content (AvgIpc) is 3.17. The second kappa shape index (κ2) is 10.9. The summed E-state index contributed by atoms with van der Waals surface area (Å²) >= 11 is 1.24. The third kappa shape index (κ3) is 6.19. The van der Waals surface area contributed by atoms with Crippen molar-refractivity contribution in [3.05, 3.63) is 75.6 Å². The number of non-ortho nitro benzene ring substituents is 1. The van der Waals surface area contributed by atoms with Crippen molar-refractivity contribution < 1.29 is 14.5 Å². The maximum atomic E-state index is 12.8. The van der Waals surface area contributed by atoms with E-state index in [0.717, 1.165) is 11.3 Å². The molecule has 2 N–H and O–H groups in total. The van der Waals surface area contributed by atoms with Gasteiger partial charge in [0.25, 0.3) is 11.6 Å². The van der Waals surface area contributed by atoms with Crippen molar-refractivity contribution in [1.82, 2.24) is 20.1 Å². The molecule has 3 rings (SSSR count). The highest BCUT2D eigenvalue weighted by Crippen LogP contribution is 2.25. The van der Waals surface area contributed by atoms with Crippen LogP contribution in [0.5, 0.6) is 0 Å². The molecule has 3 aromatic rings. The number of carbonyl (C=O) groups excluding carboxylic acids is 2. The highest BCUT2D eigenvalue weighted by atomic mass is 32.2. The summed E-state index contributed by atoms with van der Waals surface area (Å²) < 4.78 is 1.74. The van der Waals surface area contributed by atoms with Crippen LogP contribution in [0.1, 0.15) is 41.6 Å². The number of aryl methyl sites for hydroxylation is 1. The van der Waals surface area contributed by atoms with Crippen molar-refractivity contribution in [2.24, 2.45) is 13.0 Å². The van der Waals surface area contributed by atoms with E-state index in [2.05, 4.69) is 20.8 Å². The van der Waals surface area contributed by atoms with E-state index in [-0.39, 0.29) is 28.8 Å². The molecule has 1 heterocycles. The first-order valence-electron chi connectivity index (χ1n) is 10.6. The van der Waals surface area contributed by atoms with E-state index in [0.29, 0.717) is 11.0 Å². The quantitative estimate of drug-likeness (QED) is 0.269. The predicted molar refractivity (Wildman–Crippen MR) is 130 cm³/mol. The van der Waals surface area contributed by atoms with Crippen molar-refractivity contribution >= 4 is 35.0 Å². The molecule has 2 aromatic carbocycles. The highest BCUT2D eigenvalue weighted by molar-refractivity contribution is 7.99. The zero-order chi connectivity index (χ0) is 24.8. The van der Waals surface area contributed by atoms with Crippen molar-refractivity contribution in [3.63, 3.8) is 0 Å². The Hall–Kier alpha value is -3.73. The molecule has 34 heavy (non-hydrogen) atoms. The fraction of sp³-hybridized carbons (Fsp3) is 0.304. The zero-order valence-corrected chi connectivity index (χ0v) is 20.1. The summed E-state index contributed by atoms with van der Waals surface area (Å²) in [5.41, 5.74) is 1.86. The van der Waals surface area contributed by atoms with Gasteiger partial charge in [0.2, 0.25) is 5.91 Å². The minimum atomic E-state index is -0.544. The number of thioether (sulfide) groups is 1. The van der Waals surface area contributed by atoms with Crippen LogP contribution in [0.4, 0.5) is 11.4 Å². The maximum absolute atomic E-state index is 12.8. The summed E-state index contributed by atoms with van der Waals surface area (Å²) in [6.07, 6.45) is 0. The SMILES string of the molecule is Cc1ccc(NC(=O)CSc2nnc([C@H](NC(=O)c3cccc([N+](=O)[O-])c3)C(C)C)n2C)cc1. The van der Waals surface area contributed by atoms with Gasteiger partial charge in [0.15, 0.2) is 11.0 Å². The van der Waals surface area contributed by atoms with Gasteiger partial charge < -0.3 is 15.2 Å². The van der Waals surface area contributed by atoms with E-state index in [9.17, 15) is 19.7 Å². The minimum Gasteiger partial charge on any atom is -0.342 e. The average molecular weight is 483 g/mol. The van der Waals surface area contributed by atoms with Crippen LogP contribution >= 0.6 is 11.8 Å². The maximum Gasteiger partial charge on any atom is 0.270 e. The van der Waals surface area contributed by atoms with Crippen LogP contribution in [0.25, 0.3) is 0 Å². The molecule has 10 nitrogen and oxygen atoms in total. The smallest absolute Gasteiger partial charge is 0.270 e. The van der Waals surface area contributed by atoms with Gasteiger partial charge in [-0.2, -0.15) is 0 Å². The number of nitro benzene ring substituents is 1. The summed E-state index contributed by atoms with van der Waals surface area (Å²) in [7, 11) is 1.77. The summed E-state index contributed by atoms with van der Waals surface area (Å²) in [5.74, 6) is 0.0185. The Morgan fingerprint density at radius 2 is 1.85 bits per heavy atom. The number of benzene rings is 2. The van der Waals surface area contributed by atoms with Gasteiger partial charge in [-0.3, -0.25) is 19.7 Å². The van der Waals surface area contributed by atoms with Crippen LogP contribution in [-0.4, -0.2) is 37.3 Å². The molecule has 1 aromatic heterocycles. The van der Waals surface area contributed by atoms with Gasteiger partial charge in [0, 0.05) is 30.4 Å². The molecule has 0 saturated heterocycles. The number of nitrogens with zero attached hydrogens (tertiary/aromatic N) is 4. The molecule has 1 atom stereocenters. The normalized spacial score (nSPS) is 11.8. The topological polar surface area (TPSA) is 132 Å². The molecule has 2 amide bonds. The van der Waals surface area contributed by atoms with Crippen molar-refractivity contribution in [1.29, 1.82) is 0 Å². The Labute approximate surface area is 201 Å². The molecule has 0 unspecified atom stereocenters. The van der Waals surface area contributed by atoms with E-state index in [1.54, 1.807) is 11.6 Å². The van der Waals surface area contributed by atoms with Gasteiger partial charge in [-0.1, -0.05) is 49.4 Å². The molecule has 178 valence electrons. The molecule has 0 aliphatic rings. The minimum absolute atomic E-state index is 0.0340. The summed E-state index contributed by atoms with van der Waals surface area (Å²) in [6.45, 7) is 5.83. The van der Waals surface area contributed by atoms with Crippen LogP contribution < -0.4 is 10.6 Å². The molecule has 0 bridgehead atoms. The second-order valence-electron chi connectivity index (χ2n) is 8.11. The lowest BCUT2D eigenvalue weighted by atomic mass is 10.0. The van der Waals surface area contributed by atoms with Gasteiger partial charge in [-0.15, -0.1) is 10.2 Å². The number of aromatic nitrogens is 3. The molecule has 0 aliphatic heterocycles. The number of rotatable bonds is 9. The molecule has 0 fully saturated rings. The van der Waals surface area contributed by atoms with E-state index in [1.807, 2.05) is 45.0 Å². The summed E-state index contributed by atoms with van der Waals surface area (Å²) in [4.78, 5) is 35.6. The second-order valence-corrected chi connectivity index (χ2v) is 9.05. The fourth-order valence-corrected chi connectivity index (χ4v) is 3.92. The van der Waals surface area contributed by atoms with Crippen molar-refractivity contribution in [3.8, 4) is 0 Å². The number of nitrogens with one attached hydrogen (secondary N) is 2. The monoisotopic (exact) mass is 482 g/mol. The molecular weight excluding hydrogens is 456 g/mol. The van der Waals surface area contributed by atoms with Crippen LogP contribution in [0.15, 0.2) is 53.7 Å². The molecule has 0 spiro atoms.